The Morgan fingerprint density at radius 1 is 1.14 bits per heavy atom. The second-order valence-electron chi connectivity index (χ2n) is 6.32. The summed E-state index contributed by atoms with van der Waals surface area (Å²) >= 11 is 6.05. The van der Waals surface area contributed by atoms with Crippen LogP contribution in [0.5, 0.6) is 5.75 Å². The predicted molar refractivity (Wildman–Crippen MR) is 110 cm³/mol. The monoisotopic (exact) mass is 397 g/mol. The van der Waals surface area contributed by atoms with Crippen LogP contribution in [0, 0.1) is 13.8 Å². The van der Waals surface area contributed by atoms with E-state index < -0.39 is 0 Å². The summed E-state index contributed by atoms with van der Waals surface area (Å²) < 4.78 is 5.20. The lowest BCUT2D eigenvalue weighted by molar-refractivity contribution is -0.115. The average molecular weight is 398 g/mol. The highest BCUT2D eigenvalue weighted by molar-refractivity contribution is 6.31. The van der Waals surface area contributed by atoms with Crippen LogP contribution < -0.4 is 15.4 Å². The molecule has 0 saturated carbocycles. The van der Waals surface area contributed by atoms with Gasteiger partial charge in [-0.15, -0.1) is 0 Å². The number of methoxy groups -OCH3 is 1. The van der Waals surface area contributed by atoms with Crippen LogP contribution in [0.3, 0.4) is 0 Å². The van der Waals surface area contributed by atoms with E-state index in [0.29, 0.717) is 27.7 Å². The molecule has 1 heterocycles. The summed E-state index contributed by atoms with van der Waals surface area (Å²) in [5, 5.41) is 6.76. The van der Waals surface area contributed by atoms with E-state index in [2.05, 4.69) is 15.6 Å². The first-order valence-corrected chi connectivity index (χ1v) is 9.05. The fourth-order valence-electron chi connectivity index (χ4n) is 2.79. The predicted octanol–water partition coefficient (Wildman–Crippen LogP) is 3.88. The van der Waals surface area contributed by atoms with E-state index in [1.165, 1.54) is 0 Å². The molecule has 28 heavy (non-hydrogen) atoms. The van der Waals surface area contributed by atoms with Gasteiger partial charge < -0.3 is 15.4 Å². The van der Waals surface area contributed by atoms with Crippen LogP contribution in [0.4, 0.5) is 5.69 Å². The molecule has 0 aliphatic heterocycles. The first-order chi connectivity index (χ1) is 13.4. The van der Waals surface area contributed by atoms with E-state index in [-0.39, 0.29) is 18.4 Å². The number of nitrogens with zero attached hydrogens (tertiary/aromatic N) is 1. The lowest BCUT2D eigenvalue weighted by Gasteiger charge is -2.11. The Morgan fingerprint density at radius 3 is 2.68 bits per heavy atom. The van der Waals surface area contributed by atoms with E-state index in [4.69, 9.17) is 16.3 Å². The Hall–Kier alpha value is -3.12. The summed E-state index contributed by atoms with van der Waals surface area (Å²) in [6, 6.07) is 12.5. The van der Waals surface area contributed by atoms with Crippen molar-refractivity contribution in [2.24, 2.45) is 0 Å². The van der Waals surface area contributed by atoms with Gasteiger partial charge in [-0.1, -0.05) is 17.7 Å². The number of hydrogen-bond acceptors (Lipinski definition) is 4. The Labute approximate surface area is 167 Å². The van der Waals surface area contributed by atoms with Gasteiger partial charge in [0.2, 0.25) is 5.91 Å². The zero-order valence-corrected chi connectivity index (χ0v) is 16.6. The summed E-state index contributed by atoms with van der Waals surface area (Å²) in [5.74, 6) is 0.000111. The molecule has 0 atom stereocenters. The third kappa shape index (κ3) is 4.23. The minimum atomic E-state index is -0.360. The number of anilines is 1. The van der Waals surface area contributed by atoms with Crippen molar-refractivity contribution < 1.29 is 14.3 Å². The van der Waals surface area contributed by atoms with E-state index in [1.54, 1.807) is 38.3 Å². The Bertz CT molecular complexity index is 1070. The number of carbonyl (C=O) groups is 2. The topological polar surface area (TPSA) is 80.3 Å². The molecule has 1 aromatic heterocycles. The minimum absolute atomic E-state index is 0.162. The number of amides is 2. The summed E-state index contributed by atoms with van der Waals surface area (Å²) in [7, 11) is 1.59. The fraction of sp³-hybridized carbons (Fsp3) is 0.190. The van der Waals surface area contributed by atoms with Gasteiger partial charge in [0.1, 0.15) is 5.75 Å². The molecule has 0 aliphatic carbocycles. The first kappa shape index (κ1) is 19.6. The van der Waals surface area contributed by atoms with E-state index in [0.717, 1.165) is 16.5 Å². The number of carbonyl (C=O) groups excluding carboxylic acids is 2. The van der Waals surface area contributed by atoms with Gasteiger partial charge in [0.25, 0.3) is 5.91 Å². The van der Waals surface area contributed by atoms with Crippen LogP contribution in [0.25, 0.3) is 10.9 Å². The Kier molecular flexibility index (Phi) is 5.80. The molecule has 7 heteroatoms. The second-order valence-corrected chi connectivity index (χ2v) is 6.73. The standard InChI is InChI=1S/C21H20ClN3O3/c1-12-17(22)5-4-6-18(12)25-20(26)11-23-21(27)16-9-14-7-8-15(28-3)10-19(14)24-13(16)2/h4-10H,11H2,1-3H3,(H,23,27)(H,25,26). The van der Waals surface area contributed by atoms with Crippen molar-refractivity contribution >= 4 is 40.0 Å². The molecule has 2 N–H and O–H groups in total. The number of ether oxygens (including phenoxy) is 1. The Balaban J connectivity index is 1.69. The molecule has 0 radical (unpaired) electrons. The van der Waals surface area contributed by atoms with Crippen molar-refractivity contribution in [1.82, 2.24) is 10.3 Å². The molecule has 3 rings (SSSR count). The van der Waals surface area contributed by atoms with Crippen LogP contribution in [-0.2, 0) is 4.79 Å². The third-order valence-corrected chi connectivity index (χ3v) is 4.82. The van der Waals surface area contributed by atoms with Crippen LogP contribution in [0.15, 0.2) is 42.5 Å². The van der Waals surface area contributed by atoms with Crippen molar-refractivity contribution in [1.29, 1.82) is 0 Å². The van der Waals surface area contributed by atoms with Gasteiger partial charge in [-0.05, 0) is 49.7 Å². The van der Waals surface area contributed by atoms with Gasteiger partial charge in [-0.2, -0.15) is 0 Å². The molecule has 3 aromatic rings. The number of benzene rings is 2. The lowest BCUT2D eigenvalue weighted by Crippen LogP contribution is -2.33. The molecule has 0 aliphatic rings. The number of rotatable bonds is 5. The maximum atomic E-state index is 12.5. The molecule has 0 unspecified atom stereocenters. The highest BCUT2D eigenvalue weighted by Gasteiger charge is 2.14. The van der Waals surface area contributed by atoms with Gasteiger partial charge in [0.05, 0.1) is 30.4 Å². The minimum Gasteiger partial charge on any atom is -0.497 e. The van der Waals surface area contributed by atoms with E-state index >= 15 is 0 Å². The van der Waals surface area contributed by atoms with Crippen LogP contribution in [-0.4, -0.2) is 30.5 Å². The molecule has 0 bridgehead atoms. The van der Waals surface area contributed by atoms with Crippen molar-refractivity contribution in [2.75, 3.05) is 19.0 Å². The summed E-state index contributed by atoms with van der Waals surface area (Å²) in [5.41, 5.74) is 3.12. The molecule has 144 valence electrons. The van der Waals surface area contributed by atoms with Crippen molar-refractivity contribution in [3.63, 3.8) is 0 Å². The number of nitrogens with one attached hydrogen (secondary N) is 2. The van der Waals surface area contributed by atoms with Gasteiger partial charge in [-0.25, -0.2) is 0 Å². The number of fused-ring (bicyclic) bond motifs is 1. The molecule has 6 nitrogen and oxygen atoms in total. The SMILES string of the molecule is COc1ccc2cc(C(=O)NCC(=O)Nc3cccc(Cl)c3C)c(C)nc2c1. The zero-order chi connectivity index (χ0) is 20.3. The number of aryl methyl sites for hydroxylation is 1. The lowest BCUT2D eigenvalue weighted by atomic mass is 10.1. The summed E-state index contributed by atoms with van der Waals surface area (Å²) in [6.45, 7) is 3.41. The maximum Gasteiger partial charge on any atom is 0.253 e. The summed E-state index contributed by atoms with van der Waals surface area (Å²) in [6.07, 6.45) is 0. The molecule has 0 fully saturated rings. The average Bonchev–Trinajstić information content (AvgIpc) is 2.68. The van der Waals surface area contributed by atoms with Crippen molar-refractivity contribution in [3.8, 4) is 5.75 Å². The van der Waals surface area contributed by atoms with Gasteiger partial charge in [0, 0.05) is 22.2 Å². The normalized spacial score (nSPS) is 10.6. The summed E-state index contributed by atoms with van der Waals surface area (Å²) in [4.78, 5) is 29.2. The first-order valence-electron chi connectivity index (χ1n) is 8.67. The molecule has 0 saturated heterocycles. The number of halogens is 1. The third-order valence-electron chi connectivity index (χ3n) is 4.41. The van der Waals surface area contributed by atoms with Gasteiger partial charge in [-0.3, -0.25) is 14.6 Å². The number of aromatic nitrogens is 1. The largest absolute Gasteiger partial charge is 0.497 e. The van der Waals surface area contributed by atoms with Gasteiger partial charge in [0.15, 0.2) is 0 Å². The fourth-order valence-corrected chi connectivity index (χ4v) is 2.97. The number of pyridine rings is 1. The van der Waals surface area contributed by atoms with Crippen LogP contribution >= 0.6 is 11.6 Å². The van der Waals surface area contributed by atoms with Crippen LogP contribution in [0.2, 0.25) is 5.02 Å². The van der Waals surface area contributed by atoms with E-state index in [1.807, 2.05) is 25.1 Å². The van der Waals surface area contributed by atoms with Crippen molar-refractivity contribution in [3.05, 3.63) is 64.3 Å². The Morgan fingerprint density at radius 2 is 1.93 bits per heavy atom. The molecular formula is C21H20ClN3O3. The zero-order valence-electron chi connectivity index (χ0n) is 15.8. The molecule has 0 spiro atoms. The molecular weight excluding hydrogens is 378 g/mol. The molecule has 2 amide bonds. The molecule has 2 aromatic carbocycles. The van der Waals surface area contributed by atoms with Crippen molar-refractivity contribution in [2.45, 2.75) is 13.8 Å². The highest BCUT2D eigenvalue weighted by atomic mass is 35.5. The quantitative estimate of drug-likeness (QED) is 0.684. The second kappa shape index (κ2) is 8.27. The van der Waals surface area contributed by atoms with E-state index in [9.17, 15) is 9.59 Å². The highest BCUT2D eigenvalue weighted by Crippen LogP contribution is 2.23. The smallest absolute Gasteiger partial charge is 0.253 e. The number of hydrogen-bond donors (Lipinski definition) is 2. The van der Waals surface area contributed by atoms with Crippen LogP contribution in [0.1, 0.15) is 21.6 Å². The maximum absolute atomic E-state index is 12.5. The van der Waals surface area contributed by atoms with Gasteiger partial charge >= 0.3 is 0 Å².